The fourth-order valence-electron chi connectivity index (χ4n) is 2.80. The Morgan fingerprint density at radius 1 is 1.50 bits per heavy atom. The number of amides is 1. The number of ether oxygens (including phenoxy) is 2. The molecular formula is C19H21N3O3S. The third-order valence-electron chi connectivity index (χ3n) is 4.07. The number of hydrogen-bond acceptors (Lipinski definition) is 6. The predicted molar refractivity (Wildman–Crippen MR) is 100 cm³/mol. The number of thioether (sulfide) groups is 1. The number of nitrogens with one attached hydrogen (secondary N) is 1. The zero-order valence-corrected chi connectivity index (χ0v) is 15.5. The van der Waals surface area contributed by atoms with E-state index in [9.17, 15) is 10.1 Å². The molecule has 1 aromatic carbocycles. The second-order valence-corrected chi connectivity index (χ2v) is 6.93. The molecule has 1 saturated heterocycles. The Balaban J connectivity index is 1.65. The van der Waals surface area contributed by atoms with Crippen molar-refractivity contribution in [1.29, 1.82) is 5.26 Å². The third-order valence-corrected chi connectivity index (χ3v) is 5.06. The van der Waals surface area contributed by atoms with Gasteiger partial charge in [0.1, 0.15) is 16.8 Å². The van der Waals surface area contributed by atoms with E-state index >= 15 is 0 Å². The van der Waals surface area contributed by atoms with E-state index in [1.807, 2.05) is 25.1 Å². The van der Waals surface area contributed by atoms with Gasteiger partial charge in [-0.05, 0) is 44.0 Å². The highest BCUT2D eigenvalue weighted by atomic mass is 32.2. The van der Waals surface area contributed by atoms with E-state index in [0.717, 1.165) is 36.1 Å². The minimum absolute atomic E-state index is 0.0806. The van der Waals surface area contributed by atoms with E-state index in [-0.39, 0.29) is 17.8 Å². The third kappa shape index (κ3) is 4.65. The first-order chi connectivity index (χ1) is 12.7. The Hall–Kier alpha value is -2.30. The molecule has 136 valence electrons. The van der Waals surface area contributed by atoms with E-state index in [4.69, 9.17) is 9.47 Å². The van der Waals surface area contributed by atoms with Crippen molar-refractivity contribution in [2.75, 3.05) is 25.5 Å². The van der Waals surface area contributed by atoms with Crippen LogP contribution in [0.5, 0.6) is 5.75 Å². The number of nitrogens with zero attached hydrogens (tertiary/aromatic N) is 2. The van der Waals surface area contributed by atoms with Crippen molar-refractivity contribution in [2.45, 2.75) is 30.9 Å². The van der Waals surface area contributed by atoms with Crippen LogP contribution in [0, 0.1) is 11.3 Å². The van der Waals surface area contributed by atoms with E-state index in [1.54, 1.807) is 6.07 Å². The van der Waals surface area contributed by atoms with Crippen LogP contribution in [0.25, 0.3) is 10.9 Å². The van der Waals surface area contributed by atoms with E-state index in [2.05, 4.69) is 16.4 Å². The van der Waals surface area contributed by atoms with Crippen LogP contribution in [0.1, 0.15) is 25.3 Å². The number of carbonyl (C=O) groups excluding carboxylic acids is 1. The largest absolute Gasteiger partial charge is 0.494 e. The highest BCUT2D eigenvalue weighted by Gasteiger charge is 2.16. The number of fused-ring (bicyclic) bond motifs is 1. The normalized spacial score (nSPS) is 16.4. The molecule has 1 amide bonds. The summed E-state index contributed by atoms with van der Waals surface area (Å²) in [5.41, 5.74) is 1.23. The zero-order chi connectivity index (χ0) is 18.4. The SMILES string of the molecule is CCOc1ccc2nc(SCC(=O)NC[C@@H]3CCCO3)c(C#N)cc2c1. The number of benzene rings is 1. The summed E-state index contributed by atoms with van der Waals surface area (Å²) in [6.07, 6.45) is 2.16. The van der Waals surface area contributed by atoms with E-state index in [1.165, 1.54) is 11.8 Å². The summed E-state index contributed by atoms with van der Waals surface area (Å²) < 4.78 is 11.0. The fourth-order valence-corrected chi connectivity index (χ4v) is 3.59. The van der Waals surface area contributed by atoms with Gasteiger partial charge in [0.15, 0.2) is 0 Å². The minimum Gasteiger partial charge on any atom is -0.494 e. The summed E-state index contributed by atoms with van der Waals surface area (Å²) in [5, 5.41) is 13.7. The fraction of sp³-hybridized carbons (Fsp3) is 0.421. The lowest BCUT2D eigenvalue weighted by molar-refractivity contribution is -0.119. The van der Waals surface area contributed by atoms with Crippen LogP contribution in [-0.4, -0.2) is 42.5 Å². The maximum Gasteiger partial charge on any atom is 0.230 e. The molecule has 0 unspecified atom stereocenters. The second kappa shape index (κ2) is 8.88. The molecule has 26 heavy (non-hydrogen) atoms. The summed E-state index contributed by atoms with van der Waals surface area (Å²) in [5.74, 6) is 0.888. The lowest BCUT2D eigenvalue weighted by atomic mass is 10.1. The Kier molecular flexibility index (Phi) is 6.31. The summed E-state index contributed by atoms with van der Waals surface area (Å²) in [6.45, 7) is 3.81. The maximum absolute atomic E-state index is 12.0. The molecule has 0 saturated carbocycles. The number of rotatable bonds is 7. The van der Waals surface area contributed by atoms with Crippen molar-refractivity contribution in [1.82, 2.24) is 10.3 Å². The molecule has 1 N–H and O–H groups in total. The van der Waals surface area contributed by atoms with Crippen LogP contribution in [0.4, 0.5) is 0 Å². The minimum atomic E-state index is -0.0806. The molecule has 1 aliphatic heterocycles. The number of nitriles is 1. The van der Waals surface area contributed by atoms with Gasteiger partial charge in [0, 0.05) is 18.5 Å². The molecule has 0 radical (unpaired) electrons. The topological polar surface area (TPSA) is 84.2 Å². The Bertz CT molecular complexity index is 829. The molecule has 0 bridgehead atoms. The van der Waals surface area contributed by atoms with Crippen LogP contribution in [-0.2, 0) is 9.53 Å². The number of carbonyl (C=O) groups is 1. The second-order valence-electron chi connectivity index (χ2n) is 5.97. The molecule has 2 aromatic rings. The molecule has 6 nitrogen and oxygen atoms in total. The monoisotopic (exact) mass is 371 g/mol. The summed E-state index contributed by atoms with van der Waals surface area (Å²) in [7, 11) is 0. The van der Waals surface area contributed by atoms with Gasteiger partial charge in [-0.3, -0.25) is 4.79 Å². The first-order valence-corrected chi connectivity index (χ1v) is 9.67. The first-order valence-electron chi connectivity index (χ1n) is 8.68. The van der Waals surface area contributed by atoms with Gasteiger partial charge in [-0.2, -0.15) is 5.26 Å². The quantitative estimate of drug-likeness (QED) is 0.754. The zero-order valence-electron chi connectivity index (χ0n) is 14.7. The van der Waals surface area contributed by atoms with E-state index < -0.39 is 0 Å². The Labute approximate surface area is 156 Å². The van der Waals surface area contributed by atoms with Crippen molar-refractivity contribution in [3.05, 3.63) is 29.8 Å². The van der Waals surface area contributed by atoms with Crippen molar-refractivity contribution >= 4 is 28.6 Å². The van der Waals surface area contributed by atoms with Gasteiger partial charge in [-0.1, -0.05) is 11.8 Å². The van der Waals surface area contributed by atoms with Crippen LogP contribution < -0.4 is 10.1 Å². The van der Waals surface area contributed by atoms with Crippen LogP contribution in [0.2, 0.25) is 0 Å². The average molecular weight is 371 g/mol. The summed E-state index contributed by atoms with van der Waals surface area (Å²) in [4.78, 5) is 16.6. The molecule has 1 aromatic heterocycles. The average Bonchev–Trinajstić information content (AvgIpc) is 3.17. The van der Waals surface area contributed by atoms with Gasteiger partial charge >= 0.3 is 0 Å². The van der Waals surface area contributed by atoms with Crippen LogP contribution in [0.3, 0.4) is 0 Å². The number of aromatic nitrogens is 1. The molecule has 3 rings (SSSR count). The van der Waals surface area contributed by atoms with Crippen LogP contribution in [0.15, 0.2) is 29.3 Å². The highest BCUT2D eigenvalue weighted by molar-refractivity contribution is 8.00. The summed E-state index contributed by atoms with van der Waals surface area (Å²) >= 11 is 1.27. The van der Waals surface area contributed by atoms with Gasteiger partial charge in [-0.15, -0.1) is 0 Å². The Morgan fingerprint density at radius 2 is 2.38 bits per heavy atom. The Morgan fingerprint density at radius 3 is 3.12 bits per heavy atom. The maximum atomic E-state index is 12.0. The molecule has 0 spiro atoms. The molecule has 7 heteroatoms. The van der Waals surface area contributed by atoms with Gasteiger partial charge in [-0.25, -0.2) is 4.98 Å². The highest BCUT2D eigenvalue weighted by Crippen LogP contribution is 2.27. The predicted octanol–water partition coefficient (Wildman–Crippen LogP) is 2.89. The summed E-state index contributed by atoms with van der Waals surface area (Å²) in [6, 6.07) is 9.54. The van der Waals surface area contributed by atoms with Gasteiger partial charge < -0.3 is 14.8 Å². The van der Waals surface area contributed by atoms with Gasteiger partial charge in [0.2, 0.25) is 5.91 Å². The van der Waals surface area contributed by atoms with Crippen molar-refractivity contribution in [2.24, 2.45) is 0 Å². The van der Waals surface area contributed by atoms with Crippen molar-refractivity contribution in [3.63, 3.8) is 0 Å². The molecule has 1 aliphatic rings. The van der Waals surface area contributed by atoms with Gasteiger partial charge in [0.25, 0.3) is 0 Å². The smallest absolute Gasteiger partial charge is 0.230 e. The lowest BCUT2D eigenvalue weighted by Gasteiger charge is -2.11. The van der Waals surface area contributed by atoms with Crippen molar-refractivity contribution < 1.29 is 14.3 Å². The first kappa shape index (κ1) is 18.5. The van der Waals surface area contributed by atoms with Crippen molar-refractivity contribution in [3.8, 4) is 11.8 Å². The molecule has 2 heterocycles. The molecule has 1 atom stereocenters. The number of hydrogen-bond donors (Lipinski definition) is 1. The van der Waals surface area contributed by atoms with Gasteiger partial charge in [0.05, 0.1) is 29.5 Å². The lowest BCUT2D eigenvalue weighted by Crippen LogP contribution is -2.32. The molecule has 0 aliphatic carbocycles. The van der Waals surface area contributed by atoms with E-state index in [0.29, 0.717) is 23.7 Å². The molecule has 1 fully saturated rings. The van der Waals surface area contributed by atoms with Crippen LogP contribution >= 0.6 is 11.8 Å². The molecular weight excluding hydrogens is 350 g/mol. The number of pyridine rings is 1. The standard InChI is InChI=1S/C19H21N3O3S/c1-2-24-15-5-6-17-13(9-15)8-14(10-20)19(22-17)26-12-18(23)21-11-16-4-3-7-25-16/h5-6,8-9,16H,2-4,7,11-12H2,1H3,(H,21,23)/t16-/m0/s1.